The molecule has 0 fully saturated rings. The highest BCUT2D eigenvalue weighted by Gasteiger charge is 2.30. The van der Waals surface area contributed by atoms with Crippen LogP contribution in [0.15, 0.2) is 24.3 Å². The topological polar surface area (TPSA) is 66.4 Å². The third-order valence-electron chi connectivity index (χ3n) is 4.05. The van der Waals surface area contributed by atoms with Crippen molar-refractivity contribution in [1.82, 2.24) is 0 Å². The van der Waals surface area contributed by atoms with Gasteiger partial charge in [0, 0.05) is 5.75 Å². The number of carbonyl (C=O) groups excluding carboxylic acids is 1. The zero-order chi connectivity index (χ0) is 16.0. The molecule has 0 aliphatic carbocycles. The average Bonchev–Trinajstić information content (AvgIpc) is 2.45. The molecule has 1 aromatic carbocycles. The number of benzene rings is 1. The summed E-state index contributed by atoms with van der Waals surface area (Å²) < 4.78 is 26.8. The molecule has 0 saturated heterocycles. The summed E-state index contributed by atoms with van der Waals surface area (Å²) in [7, 11) is 1.35. The molecule has 2 atom stereocenters. The van der Waals surface area contributed by atoms with E-state index in [0.717, 1.165) is 18.4 Å². The van der Waals surface area contributed by atoms with Crippen LogP contribution in [0.5, 0.6) is 0 Å². The molecule has 21 heavy (non-hydrogen) atoms. The third-order valence-corrected chi connectivity index (χ3v) is 4.72. The molecular weight excluding hydrogens is 288 g/mol. The molecule has 118 valence electrons. The second kappa shape index (κ2) is 7.71. The number of ether oxygens (including phenoxy) is 1. The highest BCUT2D eigenvalue weighted by atomic mass is 32.2. The third kappa shape index (κ3) is 4.64. The summed E-state index contributed by atoms with van der Waals surface area (Å²) in [6.07, 6.45) is 1.78. The molecule has 0 spiro atoms. The van der Waals surface area contributed by atoms with E-state index in [4.69, 9.17) is 0 Å². The number of hydrogen-bond acceptors (Lipinski definition) is 4. The van der Waals surface area contributed by atoms with Crippen LogP contribution in [-0.2, 0) is 21.2 Å². The summed E-state index contributed by atoms with van der Waals surface area (Å²) in [5.41, 5.74) is 1.25. The van der Waals surface area contributed by atoms with Crippen molar-refractivity contribution in [1.29, 1.82) is 0 Å². The first kappa shape index (κ1) is 17.9. The zero-order valence-electron chi connectivity index (χ0n) is 13.0. The Hall–Kier alpha value is -1.20. The van der Waals surface area contributed by atoms with E-state index in [0.29, 0.717) is 5.56 Å². The summed E-state index contributed by atoms with van der Waals surface area (Å²) >= 11 is -2.05. The van der Waals surface area contributed by atoms with Crippen molar-refractivity contribution in [2.45, 2.75) is 39.0 Å². The Morgan fingerprint density at radius 2 is 1.90 bits per heavy atom. The van der Waals surface area contributed by atoms with Gasteiger partial charge in [0.15, 0.2) is 0 Å². The zero-order valence-corrected chi connectivity index (χ0v) is 13.9. The van der Waals surface area contributed by atoms with Gasteiger partial charge in [-0.2, -0.15) is 0 Å². The van der Waals surface area contributed by atoms with Gasteiger partial charge in [-0.15, -0.1) is 0 Å². The molecule has 1 rings (SSSR count). The number of hydrogen-bond donors (Lipinski definition) is 0. The van der Waals surface area contributed by atoms with Crippen molar-refractivity contribution < 1.29 is 18.3 Å². The van der Waals surface area contributed by atoms with Gasteiger partial charge in [-0.3, -0.25) is 4.21 Å². The maximum absolute atomic E-state index is 11.5. The fourth-order valence-corrected chi connectivity index (χ4v) is 3.47. The average molecular weight is 311 g/mol. The predicted octanol–water partition coefficient (Wildman–Crippen LogP) is 3.05. The van der Waals surface area contributed by atoms with E-state index in [1.54, 1.807) is 12.1 Å². The normalized spacial score (nSPS) is 14.5. The first-order valence-electron chi connectivity index (χ1n) is 7.07. The molecule has 0 amide bonds. The lowest BCUT2D eigenvalue weighted by molar-refractivity contribution is 0.0600. The van der Waals surface area contributed by atoms with Gasteiger partial charge < -0.3 is 9.29 Å². The van der Waals surface area contributed by atoms with E-state index < -0.39 is 11.1 Å². The Kier molecular flexibility index (Phi) is 6.55. The minimum Gasteiger partial charge on any atom is -0.772 e. The summed E-state index contributed by atoms with van der Waals surface area (Å²) in [6, 6.07) is 7.20. The van der Waals surface area contributed by atoms with Crippen LogP contribution in [0.3, 0.4) is 0 Å². The van der Waals surface area contributed by atoms with Crippen molar-refractivity contribution >= 4 is 17.0 Å². The van der Waals surface area contributed by atoms with E-state index in [1.807, 2.05) is 26.0 Å². The molecule has 4 nitrogen and oxygen atoms in total. The van der Waals surface area contributed by atoms with Crippen molar-refractivity contribution in [2.75, 3.05) is 12.9 Å². The van der Waals surface area contributed by atoms with E-state index in [9.17, 15) is 13.6 Å². The highest BCUT2D eigenvalue weighted by molar-refractivity contribution is 7.79. The lowest BCUT2D eigenvalue weighted by Crippen LogP contribution is -2.32. The van der Waals surface area contributed by atoms with Crippen LogP contribution in [-0.4, -0.2) is 27.6 Å². The molecule has 0 radical (unpaired) electrons. The van der Waals surface area contributed by atoms with Crippen LogP contribution in [0, 0.1) is 5.92 Å². The van der Waals surface area contributed by atoms with Crippen LogP contribution in [0.4, 0.5) is 0 Å². The lowest BCUT2D eigenvalue weighted by atomic mass is 9.72. The smallest absolute Gasteiger partial charge is 0.337 e. The number of carbonyl (C=O) groups is 1. The molecular formula is C16H23O4S-. The summed E-state index contributed by atoms with van der Waals surface area (Å²) in [5.74, 6) is -0.172. The van der Waals surface area contributed by atoms with Crippen LogP contribution < -0.4 is 0 Å². The molecule has 0 aliphatic heterocycles. The number of rotatable bonds is 7. The number of esters is 1. The molecule has 0 N–H and O–H groups in total. The van der Waals surface area contributed by atoms with Crippen molar-refractivity contribution in [3.63, 3.8) is 0 Å². The first-order chi connectivity index (χ1) is 9.82. The van der Waals surface area contributed by atoms with Gasteiger partial charge >= 0.3 is 5.97 Å². The molecule has 5 heteroatoms. The van der Waals surface area contributed by atoms with E-state index in [-0.39, 0.29) is 23.1 Å². The summed E-state index contributed by atoms with van der Waals surface area (Å²) in [4.78, 5) is 11.5. The van der Waals surface area contributed by atoms with Gasteiger partial charge in [-0.1, -0.05) is 50.4 Å². The first-order valence-corrected chi connectivity index (χ1v) is 8.32. The predicted molar refractivity (Wildman–Crippen MR) is 83.0 cm³/mol. The molecule has 0 bridgehead atoms. The minimum atomic E-state index is -2.05. The summed E-state index contributed by atoms with van der Waals surface area (Å²) in [5, 5.41) is 0. The molecule has 0 aromatic heterocycles. The SMILES string of the molecule is CCCC(CS(=O)[O-])C(C)(C)c1ccc(C(=O)OC)cc1. The van der Waals surface area contributed by atoms with Crippen LogP contribution in [0.1, 0.15) is 49.5 Å². The van der Waals surface area contributed by atoms with Gasteiger partial charge in [-0.05, 0) is 35.4 Å². The Morgan fingerprint density at radius 3 is 2.33 bits per heavy atom. The maximum Gasteiger partial charge on any atom is 0.337 e. The van der Waals surface area contributed by atoms with E-state index >= 15 is 0 Å². The Labute approximate surface area is 129 Å². The quantitative estimate of drug-likeness (QED) is 0.573. The van der Waals surface area contributed by atoms with Gasteiger partial charge in [0.1, 0.15) is 0 Å². The Bertz CT molecular complexity index is 494. The molecule has 0 heterocycles. The van der Waals surface area contributed by atoms with E-state index in [1.165, 1.54) is 7.11 Å². The standard InChI is InChI=1S/C16H24O4S/c1-5-6-14(11-21(18)19)16(2,3)13-9-7-12(8-10-13)15(17)20-4/h7-10,14H,5-6,11H2,1-4H3,(H,18,19)/p-1. The highest BCUT2D eigenvalue weighted by Crippen LogP contribution is 2.35. The number of methoxy groups -OCH3 is 1. The fraction of sp³-hybridized carbons (Fsp3) is 0.562. The molecule has 1 aromatic rings. The summed E-state index contributed by atoms with van der Waals surface area (Å²) in [6.45, 7) is 6.15. The van der Waals surface area contributed by atoms with Gasteiger partial charge in [0.2, 0.25) is 0 Å². The monoisotopic (exact) mass is 311 g/mol. The van der Waals surface area contributed by atoms with Crippen LogP contribution >= 0.6 is 0 Å². The molecule has 2 unspecified atom stereocenters. The van der Waals surface area contributed by atoms with Gasteiger partial charge in [-0.25, -0.2) is 4.79 Å². The second-order valence-electron chi connectivity index (χ2n) is 5.75. The maximum atomic E-state index is 11.5. The Morgan fingerprint density at radius 1 is 1.33 bits per heavy atom. The Balaban J connectivity index is 3.03. The van der Waals surface area contributed by atoms with Gasteiger partial charge in [0.05, 0.1) is 12.7 Å². The van der Waals surface area contributed by atoms with E-state index in [2.05, 4.69) is 11.7 Å². The lowest BCUT2D eigenvalue weighted by Gasteiger charge is -2.35. The van der Waals surface area contributed by atoms with Crippen molar-refractivity contribution in [2.24, 2.45) is 5.92 Å². The van der Waals surface area contributed by atoms with Crippen LogP contribution in [0.2, 0.25) is 0 Å². The second-order valence-corrected chi connectivity index (χ2v) is 6.69. The largest absolute Gasteiger partial charge is 0.772 e. The fourth-order valence-electron chi connectivity index (χ4n) is 2.55. The van der Waals surface area contributed by atoms with Crippen molar-refractivity contribution in [3.05, 3.63) is 35.4 Å². The van der Waals surface area contributed by atoms with Gasteiger partial charge in [0.25, 0.3) is 0 Å². The van der Waals surface area contributed by atoms with Crippen LogP contribution in [0.25, 0.3) is 0 Å². The van der Waals surface area contributed by atoms with Crippen molar-refractivity contribution in [3.8, 4) is 0 Å². The molecule has 0 saturated carbocycles. The minimum absolute atomic E-state index is 0.0461. The molecule has 0 aliphatic rings.